The maximum absolute atomic E-state index is 16.8. The number of phosphoric acid groups is 1. The summed E-state index contributed by atoms with van der Waals surface area (Å²) in [6.45, 7) is 16.3. The number of fused-ring (bicyclic) bond motifs is 2. The molecule has 4 N–H and O–H groups in total. The van der Waals surface area contributed by atoms with Crippen LogP contribution in [0, 0.1) is 41.2 Å². The number of hydrogen-bond donors (Lipinski definition) is 4. The normalized spacial score (nSPS) is 16.9. The Morgan fingerprint density at radius 2 is 1.22 bits per heavy atom. The molecule has 2 aromatic heterocycles. The Morgan fingerprint density at radius 3 is 1.71 bits per heavy atom. The highest BCUT2D eigenvalue weighted by molar-refractivity contribution is 7.49. The molecule has 3 saturated heterocycles. The summed E-state index contributed by atoms with van der Waals surface area (Å²) < 4.78 is 222. The van der Waals surface area contributed by atoms with Gasteiger partial charge in [0.15, 0.2) is 0 Å². The van der Waals surface area contributed by atoms with Crippen molar-refractivity contribution in [1.29, 1.82) is 0 Å². The fourth-order valence-corrected chi connectivity index (χ4v) is 15.3. The second kappa shape index (κ2) is 37.4. The summed E-state index contributed by atoms with van der Waals surface area (Å²) in [5, 5.41) is 9.98. The first-order valence-corrected chi connectivity index (χ1v) is 39.1. The Bertz CT molecular complexity index is 4540. The van der Waals surface area contributed by atoms with Gasteiger partial charge in [-0.2, -0.15) is 40.2 Å². The van der Waals surface area contributed by atoms with E-state index in [9.17, 15) is 46.9 Å². The van der Waals surface area contributed by atoms with Crippen molar-refractivity contribution in [3.8, 4) is 28.8 Å². The first-order chi connectivity index (χ1) is 55.0. The van der Waals surface area contributed by atoms with E-state index >= 15 is 35.1 Å². The molecule has 2 unspecified atom stereocenters. The summed E-state index contributed by atoms with van der Waals surface area (Å²) in [6, 6.07) is 3.86. The third-order valence-electron chi connectivity index (χ3n) is 19.4. The molecule has 29 nitrogen and oxygen atoms in total. The van der Waals surface area contributed by atoms with Crippen LogP contribution in [0.1, 0.15) is 173 Å². The summed E-state index contributed by atoms with van der Waals surface area (Å²) in [4.78, 5) is 112. The highest BCUT2D eigenvalue weighted by Gasteiger charge is 2.58. The molecule has 3 aliphatic rings. The van der Waals surface area contributed by atoms with Crippen molar-refractivity contribution >= 4 is 55.9 Å². The molecule has 6 atom stereocenters. The van der Waals surface area contributed by atoms with Gasteiger partial charge < -0.3 is 58.5 Å². The number of carbonyl (C=O) groups excluding carboxylic acids is 7. The van der Waals surface area contributed by atoms with Crippen LogP contribution in [0.4, 0.5) is 64.2 Å². The maximum Gasteiger partial charge on any atom is 0.531 e. The third kappa shape index (κ3) is 25.1. The van der Waals surface area contributed by atoms with E-state index in [2.05, 4.69) is 51.5 Å². The lowest BCUT2D eigenvalue weighted by atomic mass is 9.78. The monoisotopic (exact) mass is 1710 g/mol. The van der Waals surface area contributed by atoms with E-state index in [1.807, 2.05) is 10.7 Å². The van der Waals surface area contributed by atoms with Gasteiger partial charge in [0.1, 0.15) is 41.2 Å². The smallest absolute Gasteiger partial charge is 0.456 e. The predicted octanol–water partition coefficient (Wildman–Crippen LogP) is 13.4. The van der Waals surface area contributed by atoms with Crippen LogP contribution in [-0.4, -0.2) is 197 Å². The number of methoxy groups -OCH3 is 2. The maximum atomic E-state index is 16.8. The Kier molecular flexibility index (Phi) is 29.7. The standard InChI is InChI=1S/C79H100F10N11O18P/c1-44-29-49(66(104)115-72(2,3)4)33-58(116-119(108,117-73(5,6)7)118-74(8,9)10)61(44)75(11,12)34-60(101)112-43-113-71(107)114-59(40-98(96-65(103)63(94-70(106)110-18)77(15,16)79(87,88)89)39-53-54(80)31-48(32-55(53)81)56-27-28-99(95-56)67(82)83)57(92-64(102)62(93-69(105)109-17)76(13,14)78(84,85)86)30-46-22-19-45(20-23-46)21-24-47-35-90-68(91-36-47)97-37-50-25-26-51(38-97)100(50)52-41-111-42-52/h19-20,22-23,27-29,31-33,35-36,50-52,57,59,62-63,67H,25-26,30,34,37-43H2,1-18H3,(H,92,102)(H,93,105)(H,94,106)(H,96,103)/t50?,51?,57-,59-,62+,63+/m0/s1. The number of piperazine rings is 1. The van der Waals surface area contributed by atoms with Gasteiger partial charge in [-0.1, -0.05) is 37.8 Å². The third-order valence-corrected chi connectivity index (χ3v) is 21.4. The van der Waals surface area contributed by atoms with Crippen molar-refractivity contribution in [1.82, 2.24) is 51.0 Å². The molecule has 3 aromatic carbocycles. The van der Waals surface area contributed by atoms with E-state index in [1.54, 1.807) is 67.6 Å². The molecular weight excluding hydrogens is 1610 g/mol. The zero-order valence-corrected chi connectivity index (χ0v) is 69.9. The van der Waals surface area contributed by atoms with Crippen molar-refractivity contribution < 1.29 is 129 Å². The number of alkyl halides is 8. The number of aromatic nitrogens is 4. The topological polar surface area (TPSA) is 330 Å². The molecule has 654 valence electrons. The molecule has 0 radical (unpaired) electrons. The van der Waals surface area contributed by atoms with Gasteiger partial charge in [0.05, 0.1) is 91.3 Å². The number of benzene rings is 3. The van der Waals surface area contributed by atoms with Crippen molar-refractivity contribution in [2.45, 2.75) is 226 Å². The number of carbonyl (C=O) groups is 7. The number of alkyl carbamates (subject to hydrolysis) is 2. The van der Waals surface area contributed by atoms with Crippen LogP contribution >= 0.6 is 7.82 Å². The van der Waals surface area contributed by atoms with Crippen LogP contribution in [0.25, 0.3) is 11.3 Å². The van der Waals surface area contributed by atoms with Gasteiger partial charge >= 0.3 is 57.0 Å². The molecule has 0 aliphatic carbocycles. The Balaban J connectivity index is 1.20. The second-order valence-corrected chi connectivity index (χ2v) is 35.1. The number of esters is 2. The van der Waals surface area contributed by atoms with Gasteiger partial charge in [0.2, 0.25) is 18.6 Å². The number of nitrogens with one attached hydrogen (secondary N) is 4. The van der Waals surface area contributed by atoms with Gasteiger partial charge in [-0.25, -0.2) is 52.2 Å². The summed E-state index contributed by atoms with van der Waals surface area (Å²) in [5.74, 6) is -2.54. The number of rotatable bonds is 30. The van der Waals surface area contributed by atoms with Crippen LogP contribution in [0.2, 0.25) is 0 Å². The summed E-state index contributed by atoms with van der Waals surface area (Å²) >= 11 is 0. The molecular formula is C79H100F10N11O18P. The SMILES string of the molecule is COC(=O)N[C@H](C(=O)N[C@@H](Cc1ccc(C#Cc2cnc(N3CC4CCC(C3)N4C3COC3)nc2)cc1)[C@H](CN(Cc1c(F)cc(-c2ccn(C(F)F)n2)cc1F)NC(=O)[C@@H](NC(=O)OC)C(C)(C)C(F)(F)F)OC(=O)OCOC(=O)CC(C)(C)c1c(C)cc(C(=O)OC(C)(C)C)cc1OP(=O)(OC(C)(C)C)OC(C)(C)C)C(C)(C)C(F)(F)F. The average Bonchev–Trinajstić information content (AvgIpc) is 1.74. The highest BCUT2D eigenvalue weighted by Crippen LogP contribution is 2.57. The number of nitrogens with zero attached hydrogens (tertiary/aromatic N) is 7. The number of amides is 4. The van der Waals surface area contributed by atoms with E-state index in [1.165, 1.54) is 69.6 Å². The van der Waals surface area contributed by atoms with Crippen molar-refractivity contribution in [3.63, 3.8) is 0 Å². The molecule has 0 saturated carbocycles. The molecule has 5 aromatic rings. The largest absolute Gasteiger partial charge is 0.531 e. The number of anilines is 1. The molecule has 5 heterocycles. The number of phosphoric ester groups is 1. The Hall–Kier alpha value is -9.87. The van der Waals surface area contributed by atoms with E-state index in [4.69, 9.17) is 37.3 Å². The predicted molar refractivity (Wildman–Crippen MR) is 407 cm³/mol. The summed E-state index contributed by atoms with van der Waals surface area (Å²) in [6.07, 6.45) is -13.8. The zero-order chi connectivity index (χ0) is 88.7. The lowest BCUT2D eigenvalue weighted by Gasteiger charge is -2.47. The minimum atomic E-state index is -5.39. The molecule has 3 aliphatic heterocycles. The molecule has 3 fully saturated rings. The summed E-state index contributed by atoms with van der Waals surface area (Å²) in [7, 11) is -3.22. The zero-order valence-electron chi connectivity index (χ0n) is 69.0. The van der Waals surface area contributed by atoms with Gasteiger partial charge in [0.25, 0.3) is 5.91 Å². The Morgan fingerprint density at radius 1 is 0.681 bits per heavy atom. The van der Waals surface area contributed by atoms with Crippen LogP contribution in [0.3, 0.4) is 0 Å². The second-order valence-electron chi connectivity index (χ2n) is 33.6. The number of hydrazine groups is 1. The minimum Gasteiger partial charge on any atom is -0.456 e. The van der Waals surface area contributed by atoms with Crippen molar-refractivity contribution in [2.24, 2.45) is 10.8 Å². The minimum absolute atomic E-state index is 0.0832. The molecule has 119 heavy (non-hydrogen) atoms. The molecule has 8 rings (SSSR count). The fraction of sp³-hybridized carbons (Fsp3) is 0.570. The quantitative estimate of drug-likeness (QED) is 0.00631. The molecule has 0 spiro atoms. The van der Waals surface area contributed by atoms with E-state index in [0.29, 0.717) is 106 Å². The van der Waals surface area contributed by atoms with Crippen LogP contribution in [-0.2, 0) is 79.5 Å². The lowest BCUT2D eigenvalue weighted by molar-refractivity contribution is -0.221. The van der Waals surface area contributed by atoms with Crippen LogP contribution in [0.15, 0.2) is 73.2 Å². The van der Waals surface area contributed by atoms with E-state index in [-0.39, 0.29) is 32.7 Å². The molecule has 40 heteroatoms. The van der Waals surface area contributed by atoms with E-state index < -0.39 is 187 Å². The van der Waals surface area contributed by atoms with Gasteiger partial charge in [-0.3, -0.25) is 33.8 Å². The lowest BCUT2D eigenvalue weighted by Crippen LogP contribution is -2.64. The highest BCUT2D eigenvalue weighted by atomic mass is 31.2. The van der Waals surface area contributed by atoms with Gasteiger partial charge in [0, 0.05) is 78.0 Å². The first kappa shape index (κ1) is 94.6. The molecule has 4 amide bonds. The van der Waals surface area contributed by atoms with Crippen LogP contribution in [0.5, 0.6) is 5.75 Å². The number of hydrogen-bond acceptors (Lipinski definition) is 24. The summed E-state index contributed by atoms with van der Waals surface area (Å²) in [5.41, 5.74) is -10.3. The van der Waals surface area contributed by atoms with Crippen molar-refractivity contribution in [2.75, 3.05) is 58.8 Å². The Labute approximate surface area is 681 Å². The van der Waals surface area contributed by atoms with Crippen molar-refractivity contribution in [3.05, 3.63) is 124 Å². The van der Waals surface area contributed by atoms with E-state index in [0.717, 1.165) is 39.3 Å². The number of halogens is 10. The van der Waals surface area contributed by atoms with Gasteiger partial charge in [-0.15, -0.1) is 0 Å². The number of ether oxygens (including phenoxy) is 7. The number of aryl methyl sites for hydroxylation is 1. The molecule has 2 bridgehead atoms. The van der Waals surface area contributed by atoms with Gasteiger partial charge in [-0.05, 0) is 170 Å². The fourth-order valence-electron chi connectivity index (χ4n) is 13.5. The first-order valence-electron chi connectivity index (χ1n) is 37.6. The van der Waals surface area contributed by atoms with Crippen LogP contribution < -0.4 is 30.8 Å². The average molecular weight is 1710 g/mol.